The van der Waals surface area contributed by atoms with Crippen molar-refractivity contribution in [2.75, 3.05) is 0 Å². The molecule has 82 valence electrons. The predicted molar refractivity (Wildman–Crippen MR) is 50.7 cm³/mol. The van der Waals surface area contributed by atoms with Gasteiger partial charge in [-0.05, 0) is 12.0 Å². The Morgan fingerprint density at radius 1 is 1.13 bits per heavy atom. The molecule has 0 aromatic heterocycles. The van der Waals surface area contributed by atoms with E-state index in [0.717, 1.165) is 0 Å². The molecule has 0 aliphatic rings. The highest BCUT2D eigenvalue weighted by Crippen LogP contribution is 1.94. The molecule has 4 heteroatoms. The van der Waals surface area contributed by atoms with E-state index in [0.29, 0.717) is 6.42 Å². The monoisotopic (exact) mass is 208 g/mol. The van der Waals surface area contributed by atoms with Crippen molar-refractivity contribution in [1.29, 1.82) is 0 Å². The molecule has 0 unspecified atom stereocenters. The SMILES string of the molecule is CCCC(=O)[O-].O=C([O-])c1ccccc1. The lowest BCUT2D eigenvalue weighted by Gasteiger charge is -1.97. The molecule has 0 aliphatic carbocycles. The van der Waals surface area contributed by atoms with Gasteiger partial charge in [0.2, 0.25) is 0 Å². The molecular formula is C11H12O4-2. The molecule has 0 saturated carbocycles. The van der Waals surface area contributed by atoms with Crippen LogP contribution in [0.3, 0.4) is 0 Å². The maximum atomic E-state index is 10.1. The van der Waals surface area contributed by atoms with Crippen molar-refractivity contribution in [2.45, 2.75) is 19.8 Å². The van der Waals surface area contributed by atoms with Crippen LogP contribution in [-0.2, 0) is 4.79 Å². The molecule has 0 bridgehead atoms. The molecule has 0 amide bonds. The van der Waals surface area contributed by atoms with E-state index in [9.17, 15) is 19.8 Å². The van der Waals surface area contributed by atoms with Gasteiger partial charge in [0.05, 0.1) is 5.97 Å². The Balaban J connectivity index is 0.000000288. The lowest BCUT2D eigenvalue weighted by Crippen LogP contribution is -2.21. The summed E-state index contributed by atoms with van der Waals surface area (Å²) in [6.45, 7) is 1.80. The van der Waals surface area contributed by atoms with Crippen molar-refractivity contribution in [3.05, 3.63) is 35.9 Å². The van der Waals surface area contributed by atoms with Gasteiger partial charge in [0.15, 0.2) is 0 Å². The molecule has 1 aromatic rings. The van der Waals surface area contributed by atoms with Crippen LogP contribution in [0.15, 0.2) is 30.3 Å². The van der Waals surface area contributed by atoms with E-state index in [4.69, 9.17) is 0 Å². The Morgan fingerprint density at radius 3 is 1.87 bits per heavy atom. The van der Waals surface area contributed by atoms with Crippen molar-refractivity contribution in [3.8, 4) is 0 Å². The highest BCUT2D eigenvalue weighted by atomic mass is 16.4. The van der Waals surface area contributed by atoms with Gasteiger partial charge in [0.1, 0.15) is 0 Å². The predicted octanol–water partition coefficient (Wildman–Crippen LogP) is -0.413. The number of hydrogen-bond acceptors (Lipinski definition) is 4. The van der Waals surface area contributed by atoms with Gasteiger partial charge in [0, 0.05) is 5.97 Å². The van der Waals surface area contributed by atoms with Crippen LogP contribution in [0.2, 0.25) is 0 Å². The number of hydrogen-bond donors (Lipinski definition) is 0. The third kappa shape index (κ3) is 7.25. The first-order chi connectivity index (χ1) is 7.07. The zero-order valence-corrected chi connectivity index (χ0v) is 8.43. The molecule has 0 saturated heterocycles. The van der Waals surface area contributed by atoms with Crippen LogP contribution >= 0.6 is 0 Å². The van der Waals surface area contributed by atoms with Crippen LogP contribution in [0.25, 0.3) is 0 Å². The van der Waals surface area contributed by atoms with Crippen molar-refractivity contribution in [3.63, 3.8) is 0 Å². The summed E-state index contributed by atoms with van der Waals surface area (Å²) in [5.41, 5.74) is 0.220. The standard InChI is InChI=1S/C7H6O2.C4H8O2/c8-7(9)6-4-2-1-3-5-6;1-2-3-4(5)6/h1-5H,(H,8,9);2-3H2,1H3,(H,5,6)/p-2. The number of aromatic carboxylic acids is 1. The Hall–Kier alpha value is -1.84. The zero-order valence-electron chi connectivity index (χ0n) is 8.43. The molecule has 0 heterocycles. The largest absolute Gasteiger partial charge is 0.550 e. The highest BCUT2D eigenvalue weighted by Gasteiger charge is 1.85. The molecule has 4 nitrogen and oxygen atoms in total. The summed E-state index contributed by atoms with van der Waals surface area (Å²) in [4.78, 5) is 19.6. The minimum atomic E-state index is -1.13. The summed E-state index contributed by atoms with van der Waals surface area (Å²) < 4.78 is 0. The fourth-order valence-corrected chi connectivity index (χ4v) is 0.778. The Morgan fingerprint density at radius 2 is 1.67 bits per heavy atom. The molecule has 0 fully saturated rings. The highest BCUT2D eigenvalue weighted by molar-refractivity contribution is 5.85. The number of carbonyl (C=O) groups excluding carboxylic acids is 2. The summed E-state index contributed by atoms with van der Waals surface area (Å²) in [6, 6.07) is 8.06. The van der Waals surface area contributed by atoms with Gasteiger partial charge < -0.3 is 19.8 Å². The summed E-state index contributed by atoms with van der Waals surface area (Å²) in [7, 11) is 0. The van der Waals surface area contributed by atoms with Gasteiger partial charge in [-0.3, -0.25) is 0 Å². The fourth-order valence-electron chi connectivity index (χ4n) is 0.778. The van der Waals surface area contributed by atoms with E-state index < -0.39 is 11.9 Å². The average Bonchev–Trinajstić information content (AvgIpc) is 2.20. The molecule has 1 aromatic carbocycles. The first-order valence-corrected chi connectivity index (χ1v) is 4.54. The summed E-state index contributed by atoms with van der Waals surface area (Å²) in [5.74, 6) is -2.09. The van der Waals surface area contributed by atoms with Gasteiger partial charge in [-0.2, -0.15) is 0 Å². The molecular weight excluding hydrogens is 196 g/mol. The minimum Gasteiger partial charge on any atom is -0.550 e. The third-order valence-electron chi connectivity index (χ3n) is 1.46. The first-order valence-electron chi connectivity index (χ1n) is 4.54. The van der Waals surface area contributed by atoms with Crippen LogP contribution < -0.4 is 10.2 Å². The second-order valence-corrected chi connectivity index (χ2v) is 2.78. The van der Waals surface area contributed by atoms with Crippen LogP contribution in [0.4, 0.5) is 0 Å². The summed E-state index contributed by atoms with van der Waals surface area (Å²) in [5, 5.41) is 19.6. The van der Waals surface area contributed by atoms with Gasteiger partial charge >= 0.3 is 0 Å². The molecule has 0 spiro atoms. The van der Waals surface area contributed by atoms with Crippen molar-refractivity contribution in [1.82, 2.24) is 0 Å². The fraction of sp³-hybridized carbons (Fsp3) is 0.273. The minimum absolute atomic E-state index is 0.181. The van der Waals surface area contributed by atoms with E-state index in [1.165, 1.54) is 12.1 Å². The van der Waals surface area contributed by atoms with E-state index >= 15 is 0 Å². The summed E-state index contributed by atoms with van der Waals surface area (Å²) >= 11 is 0. The average molecular weight is 208 g/mol. The molecule has 0 radical (unpaired) electrons. The molecule has 0 N–H and O–H groups in total. The molecule has 0 aliphatic heterocycles. The second-order valence-electron chi connectivity index (χ2n) is 2.78. The quantitative estimate of drug-likeness (QED) is 0.676. The molecule has 1 rings (SSSR count). The third-order valence-corrected chi connectivity index (χ3v) is 1.46. The lowest BCUT2D eigenvalue weighted by molar-refractivity contribution is -0.305. The maximum Gasteiger partial charge on any atom is 0.0715 e. The Bertz CT molecular complexity index is 306. The zero-order chi connectivity index (χ0) is 11.7. The van der Waals surface area contributed by atoms with E-state index in [2.05, 4.69) is 0 Å². The van der Waals surface area contributed by atoms with Crippen molar-refractivity contribution >= 4 is 11.9 Å². The van der Waals surface area contributed by atoms with Crippen LogP contribution in [0, 0.1) is 0 Å². The Labute approximate surface area is 88.2 Å². The number of carboxylic acids is 2. The number of carbonyl (C=O) groups is 2. The lowest BCUT2D eigenvalue weighted by atomic mass is 10.2. The van der Waals surface area contributed by atoms with E-state index in [-0.39, 0.29) is 12.0 Å². The second kappa shape index (κ2) is 7.55. The van der Waals surface area contributed by atoms with Gasteiger partial charge in [-0.25, -0.2) is 0 Å². The molecule has 15 heavy (non-hydrogen) atoms. The van der Waals surface area contributed by atoms with Gasteiger partial charge in [0.25, 0.3) is 0 Å². The number of carboxylic acid groups (broad SMARTS) is 2. The molecule has 0 atom stereocenters. The first kappa shape index (κ1) is 13.2. The number of benzene rings is 1. The Kier molecular flexibility index (Phi) is 6.63. The number of rotatable bonds is 3. The van der Waals surface area contributed by atoms with Crippen LogP contribution in [0.1, 0.15) is 30.1 Å². The van der Waals surface area contributed by atoms with E-state index in [1.54, 1.807) is 25.1 Å². The van der Waals surface area contributed by atoms with Crippen LogP contribution in [0.5, 0.6) is 0 Å². The van der Waals surface area contributed by atoms with Crippen molar-refractivity contribution < 1.29 is 19.8 Å². The van der Waals surface area contributed by atoms with E-state index in [1.807, 2.05) is 0 Å². The van der Waals surface area contributed by atoms with Crippen LogP contribution in [-0.4, -0.2) is 11.9 Å². The van der Waals surface area contributed by atoms with Crippen molar-refractivity contribution in [2.24, 2.45) is 0 Å². The number of aliphatic carboxylic acids is 1. The maximum absolute atomic E-state index is 10.1. The smallest absolute Gasteiger partial charge is 0.0715 e. The summed E-state index contributed by atoms with van der Waals surface area (Å²) in [6.07, 6.45) is 0.850. The normalized spacial score (nSPS) is 8.60. The van der Waals surface area contributed by atoms with Gasteiger partial charge in [-0.1, -0.05) is 43.7 Å². The topological polar surface area (TPSA) is 80.3 Å². The van der Waals surface area contributed by atoms with Gasteiger partial charge in [-0.15, -0.1) is 0 Å².